The third-order valence-electron chi connectivity index (χ3n) is 4.66. The van der Waals surface area contributed by atoms with E-state index in [0.717, 1.165) is 16.7 Å². The third kappa shape index (κ3) is 5.59. The molecule has 5 nitrogen and oxygen atoms in total. The van der Waals surface area contributed by atoms with Crippen molar-refractivity contribution >= 4 is 11.9 Å². The Kier molecular flexibility index (Phi) is 6.84. The van der Waals surface area contributed by atoms with Gasteiger partial charge in [0.15, 0.2) is 0 Å². The molecule has 28 heavy (non-hydrogen) atoms. The summed E-state index contributed by atoms with van der Waals surface area (Å²) < 4.78 is 10.5. The summed E-state index contributed by atoms with van der Waals surface area (Å²) in [6.07, 6.45) is 0. The van der Waals surface area contributed by atoms with E-state index in [1.54, 1.807) is 24.3 Å². The number of amides is 1. The van der Waals surface area contributed by atoms with Crippen LogP contribution < -0.4 is 10.1 Å². The SMILES string of the molecule is COc1cccc(C(=O)NCC(=O)OCc2c(C)cc(C(C)(C)C)cc2C)c1. The molecule has 1 N–H and O–H groups in total. The fourth-order valence-corrected chi connectivity index (χ4v) is 2.88. The molecule has 0 fully saturated rings. The summed E-state index contributed by atoms with van der Waals surface area (Å²) in [6, 6.07) is 11.0. The maximum atomic E-state index is 12.2. The maximum absolute atomic E-state index is 12.2. The summed E-state index contributed by atoms with van der Waals surface area (Å²) in [5.41, 5.74) is 4.94. The number of hydrogen-bond acceptors (Lipinski definition) is 4. The number of carbonyl (C=O) groups is 2. The number of aryl methyl sites for hydroxylation is 2. The van der Waals surface area contributed by atoms with Crippen molar-refractivity contribution in [3.8, 4) is 5.75 Å². The van der Waals surface area contributed by atoms with Crippen LogP contribution in [0.3, 0.4) is 0 Å². The zero-order chi connectivity index (χ0) is 20.9. The Hall–Kier alpha value is -2.82. The van der Waals surface area contributed by atoms with E-state index < -0.39 is 5.97 Å². The van der Waals surface area contributed by atoms with Crippen molar-refractivity contribution in [2.75, 3.05) is 13.7 Å². The van der Waals surface area contributed by atoms with Gasteiger partial charge in [0.1, 0.15) is 18.9 Å². The molecule has 0 aliphatic rings. The van der Waals surface area contributed by atoms with Crippen molar-refractivity contribution < 1.29 is 19.1 Å². The predicted octanol–water partition coefficient (Wildman–Crippen LogP) is 4.08. The highest BCUT2D eigenvalue weighted by atomic mass is 16.5. The van der Waals surface area contributed by atoms with Crippen molar-refractivity contribution in [2.45, 2.75) is 46.6 Å². The zero-order valence-electron chi connectivity index (χ0n) is 17.5. The number of nitrogens with one attached hydrogen (secondary N) is 1. The van der Waals surface area contributed by atoms with Gasteiger partial charge in [0, 0.05) is 5.56 Å². The van der Waals surface area contributed by atoms with E-state index in [2.05, 4.69) is 38.2 Å². The van der Waals surface area contributed by atoms with Gasteiger partial charge in [-0.05, 0) is 59.7 Å². The minimum absolute atomic E-state index is 0.0646. The third-order valence-corrected chi connectivity index (χ3v) is 4.66. The lowest BCUT2D eigenvalue weighted by atomic mass is 9.84. The number of carbonyl (C=O) groups excluding carboxylic acids is 2. The van der Waals surface area contributed by atoms with Crippen molar-refractivity contribution in [1.29, 1.82) is 0 Å². The second-order valence-corrected chi connectivity index (χ2v) is 7.91. The van der Waals surface area contributed by atoms with Crippen molar-refractivity contribution in [3.05, 3.63) is 64.2 Å². The fourth-order valence-electron chi connectivity index (χ4n) is 2.88. The lowest BCUT2D eigenvalue weighted by Gasteiger charge is -2.22. The summed E-state index contributed by atoms with van der Waals surface area (Å²) in [7, 11) is 1.53. The summed E-state index contributed by atoms with van der Waals surface area (Å²) in [5.74, 6) is -0.243. The number of rotatable bonds is 6. The van der Waals surface area contributed by atoms with E-state index in [4.69, 9.17) is 9.47 Å². The standard InChI is InChI=1S/C23H29NO4/c1-15-10-18(23(3,4)5)11-16(2)20(15)14-28-21(25)13-24-22(26)17-8-7-9-19(12-17)27-6/h7-12H,13-14H2,1-6H3,(H,24,26). The minimum atomic E-state index is -0.477. The molecular weight excluding hydrogens is 354 g/mol. The zero-order valence-corrected chi connectivity index (χ0v) is 17.5. The molecule has 0 heterocycles. The largest absolute Gasteiger partial charge is 0.497 e. The van der Waals surface area contributed by atoms with Crippen LogP contribution in [-0.2, 0) is 21.6 Å². The number of methoxy groups -OCH3 is 1. The van der Waals surface area contributed by atoms with Gasteiger partial charge in [-0.2, -0.15) is 0 Å². The van der Waals surface area contributed by atoms with Gasteiger partial charge in [-0.25, -0.2) is 0 Å². The Balaban J connectivity index is 1.93. The van der Waals surface area contributed by atoms with E-state index >= 15 is 0 Å². The Morgan fingerprint density at radius 2 is 1.68 bits per heavy atom. The average Bonchev–Trinajstić information content (AvgIpc) is 2.64. The van der Waals surface area contributed by atoms with E-state index in [1.165, 1.54) is 12.7 Å². The lowest BCUT2D eigenvalue weighted by molar-refractivity contribution is -0.143. The monoisotopic (exact) mass is 383 g/mol. The van der Waals surface area contributed by atoms with E-state index in [1.807, 2.05) is 13.8 Å². The Morgan fingerprint density at radius 1 is 1.04 bits per heavy atom. The van der Waals surface area contributed by atoms with Crippen molar-refractivity contribution in [1.82, 2.24) is 5.32 Å². The molecule has 0 aromatic heterocycles. The number of benzene rings is 2. The molecule has 1 amide bonds. The first-order valence-corrected chi connectivity index (χ1v) is 9.30. The second-order valence-electron chi connectivity index (χ2n) is 7.91. The highest BCUT2D eigenvalue weighted by Crippen LogP contribution is 2.27. The van der Waals surface area contributed by atoms with Gasteiger partial charge in [0.05, 0.1) is 7.11 Å². The molecule has 0 saturated carbocycles. The molecule has 0 aliphatic heterocycles. The molecule has 0 radical (unpaired) electrons. The smallest absolute Gasteiger partial charge is 0.325 e. The normalized spacial score (nSPS) is 11.1. The molecular formula is C23H29NO4. The number of hydrogen-bond donors (Lipinski definition) is 1. The quantitative estimate of drug-likeness (QED) is 0.764. The maximum Gasteiger partial charge on any atom is 0.325 e. The molecule has 2 aromatic carbocycles. The van der Waals surface area contributed by atoms with Gasteiger partial charge < -0.3 is 14.8 Å². The summed E-state index contributed by atoms with van der Waals surface area (Å²) in [4.78, 5) is 24.2. The summed E-state index contributed by atoms with van der Waals surface area (Å²) in [6.45, 7) is 10.6. The van der Waals surface area contributed by atoms with Gasteiger partial charge in [-0.15, -0.1) is 0 Å². The molecule has 0 spiro atoms. The van der Waals surface area contributed by atoms with Gasteiger partial charge in [-0.3, -0.25) is 9.59 Å². The first-order valence-electron chi connectivity index (χ1n) is 9.30. The number of esters is 1. The van der Waals surface area contributed by atoms with Crippen LogP contribution in [-0.4, -0.2) is 25.5 Å². The summed E-state index contributed by atoms with van der Waals surface area (Å²) in [5, 5.41) is 2.58. The van der Waals surface area contributed by atoms with Gasteiger partial charge in [-0.1, -0.05) is 39.0 Å². The van der Waals surface area contributed by atoms with Crippen molar-refractivity contribution in [3.63, 3.8) is 0 Å². The van der Waals surface area contributed by atoms with Crippen LogP contribution in [0, 0.1) is 13.8 Å². The predicted molar refractivity (Wildman–Crippen MR) is 110 cm³/mol. The molecule has 5 heteroatoms. The summed E-state index contributed by atoms with van der Waals surface area (Å²) >= 11 is 0. The molecule has 0 unspecified atom stereocenters. The molecule has 0 bridgehead atoms. The average molecular weight is 383 g/mol. The molecule has 2 aromatic rings. The molecule has 0 atom stereocenters. The highest BCUT2D eigenvalue weighted by molar-refractivity contribution is 5.96. The van der Waals surface area contributed by atoms with Crippen molar-refractivity contribution in [2.24, 2.45) is 0 Å². The van der Waals surface area contributed by atoms with Gasteiger partial charge in [0.25, 0.3) is 5.91 Å². The molecule has 0 aliphatic carbocycles. The van der Waals surface area contributed by atoms with Gasteiger partial charge in [0.2, 0.25) is 0 Å². The van der Waals surface area contributed by atoms with Gasteiger partial charge >= 0.3 is 5.97 Å². The van der Waals surface area contributed by atoms with Crippen LogP contribution in [0.15, 0.2) is 36.4 Å². The fraction of sp³-hybridized carbons (Fsp3) is 0.391. The van der Waals surface area contributed by atoms with Crippen LogP contribution in [0.2, 0.25) is 0 Å². The van der Waals surface area contributed by atoms with Crippen LogP contribution in [0.25, 0.3) is 0 Å². The first kappa shape index (κ1) is 21.5. The Bertz CT molecular complexity index is 842. The Labute approximate surface area is 167 Å². The number of ether oxygens (including phenoxy) is 2. The molecule has 150 valence electrons. The van der Waals surface area contributed by atoms with Crippen LogP contribution >= 0.6 is 0 Å². The van der Waals surface area contributed by atoms with E-state index in [9.17, 15) is 9.59 Å². The Morgan fingerprint density at radius 3 is 2.25 bits per heavy atom. The van der Waals surface area contributed by atoms with Crippen LogP contribution in [0.4, 0.5) is 0 Å². The highest BCUT2D eigenvalue weighted by Gasteiger charge is 2.17. The lowest BCUT2D eigenvalue weighted by Crippen LogP contribution is -2.30. The molecule has 0 saturated heterocycles. The minimum Gasteiger partial charge on any atom is -0.497 e. The van der Waals surface area contributed by atoms with Crippen LogP contribution in [0.5, 0.6) is 5.75 Å². The topological polar surface area (TPSA) is 64.6 Å². The first-order chi connectivity index (χ1) is 13.1. The second kappa shape index (κ2) is 8.91. The molecule has 2 rings (SSSR count). The van der Waals surface area contributed by atoms with E-state index in [-0.39, 0.29) is 24.5 Å². The van der Waals surface area contributed by atoms with E-state index in [0.29, 0.717) is 11.3 Å². The van der Waals surface area contributed by atoms with Crippen LogP contribution in [0.1, 0.15) is 53.4 Å².